The highest BCUT2D eigenvalue weighted by molar-refractivity contribution is 5.36. The minimum atomic E-state index is 0.490. The topological polar surface area (TPSA) is 3.24 Å². The summed E-state index contributed by atoms with van der Waals surface area (Å²) in [4.78, 5) is 2.36. The normalized spacial score (nSPS) is 25.1. The van der Waals surface area contributed by atoms with Crippen LogP contribution >= 0.6 is 0 Å². The summed E-state index contributed by atoms with van der Waals surface area (Å²) in [5.74, 6) is 1.76. The van der Waals surface area contributed by atoms with Crippen LogP contribution in [0.1, 0.15) is 13.3 Å². The third-order valence-electron chi connectivity index (χ3n) is 4.35. The van der Waals surface area contributed by atoms with Gasteiger partial charge in [-0.3, -0.25) is 0 Å². The van der Waals surface area contributed by atoms with Gasteiger partial charge in [0.05, 0.1) is 0 Å². The second-order valence-electron chi connectivity index (χ2n) is 5.87. The van der Waals surface area contributed by atoms with Gasteiger partial charge in [0.1, 0.15) is 0 Å². The molecule has 1 unspecified atom stereocenters. The minimum absolute atomic E-state index is 0.490. The van der Waals surface area contributed by atoms with Crippen molar-refractivity contribution in [2.75, 3.05) is 14.1 Å². The lowest BCUT2D eigenvalue weighted by Crippen LogP contribution is -2.36. The van der Waals surface area contributed by atoms with E-state index in [0.717, 1.165) is 0 Å². The molecule has 0 saturated heterocycles. The summed E-state index contributed by atoms with van der Waals surface area (Å²) >= 11 is 0. The van der Waals surface area contributed by atoms with Crippen LogP contribution in [0.3, 0.4) is 0 Å². The second kappa shape index (κ2) is 6.21. The highest BCUT2D eigenvalue weighted by Crippen LogP contribution is 2.32. The van der Waals surface area contributed by atoms with Gasteiger partial charge in [-0.15, -0.1) is 0 Å². The maximum Gasteiger partial charge on any atom is 0.0196 e. The van der Waals surface area contributed by atoms with Crippen LogP contribution in [0, 0.1) is 17.8 Å². The first-order valence-electron chi connectivity index (χ1n) is 7.15. The van der Waals surface area contributed by atoms with Crippen LogP contribution in [0.15, 0.2) is 60.8 Å². The van der Waals surface area contributed by atoms with E-state index in [2.05, 4.69) is 75.0 Å². The van der Waals surface area contributed by atoms with E-state index in [0.29, 0.717) is 23.8 Å². The first-order valence-corrected chi connectivity index (χ1v) is 7.15. The van der Waals surface area contributed by atoms with E-state index >= 15 is 0 Å². The predicted octanol–water partition coefficient (Wildman–Crippen LogP) is 3.98. The summed E-state index contributed by atoms with van der Waals surface area (Å²) in [5, 5.41) is 0. The largest absolute Gasteiger partial charge is 0.306 e. The molecule has 0 amide bonds. The lowest BCUT2D eigenvalue weighted by molar-refractivity contribution is 0.210. The molecule has 0 fully saturated rings. The lowest BCUT2D eigenvalue weighted by Gasteiger charge is -2.33. The number of nitrogens with zero attached hydrogens (tertiary/aromatic N) is 1. The maximum atomic E-state index is 3.94. The molecule has 0 aromatic heterocycles. The van der Waals surface area contributed by atoms with Gasteiger partial charge in [0, 0.05) is 12.0 Å². The van der Waals surface area contributed by atoms with Crippen LogP contribution in [-0.2, 0) is 0 Å². The molecule has 0 aliphatic heterocycles. The molecular formula is C18H25N. The van der Waals surface area contributed by atoms with Crippen molar-refractivity contribution in [3.05, 3.63) is 60.8 Å². The third kappa shape index (κ3) is 3.16. The van der Waals surface area contributed by atoms with E-state index < -0.39 is 0 Å². The van der Waals surface area contributed by atoms with Gasteiger partial charge in [0.25, 0.3) is 0 Å². The van der Waals surface area contributed by atoms with Crippen molar-refractivity contribution in [2.45, 2.75) is 19.4 Å². The Morgan fingerprint density at radius 3 is 2.47 bits per heavy atom. The first kappa shape index (κ1) is 14.1. The van der Waals surface area contributed by atoms with E-state index in [4.69, 9.17) is 0 Å². The molecular weight excluding hydrogens is 230 g/mol. The van der Waals surface area contributed by atoms with Gasteiger partial charge in [0.15, 0.2) is 0 Å². The van der Waals surface area contributed by atoms with E-state index in [-0.39, 0.29) is 0 Å². The van der Waals surface area contributed by atoms with Crippen molar-refractivity contribution in [2.24, 2.45) is 17.8 Å². The smallest absolute Gasteiger partial charge is 0.0196 e. The average molecular weight is 255 g/mol. The molecule has 0 N–H and O–H groups in total. The van der Waals surface area contributed by atoms with Crippen molar-refractivity contribution in [1.82, 2.24) is 4.90 Å². The Morgan fingerprint density at radius 1 is 1.21 bits per heavy atom. The second-order valence-corrected chi connectivity index (χ2v) is 5.87. The number of rotatable bonds is 6. The van der Waals surface area contributed by atoms with Gasteiger partial charge in [-0.05, 0) is 37.9 Å². The molecule has 0 bridgehead atoms. The highest BCUT2D eigenvalue weighted by atomic mass is 15.1. The Hall–Kier alpha value is -1.34. The fourth-order valence-corrected chi connectivity index (χ4v) is 3.11. The lowest BCUT2D eigenvalue weighted by atomic mass is 9.82. The molecule has 102 valence electrons. The molecule has 0 aromatic rings. The maximum absolute atomic E-state index is 3.94. The van der Waals surface area contributed by atoms with Crippen LogP contribution < -0.4 is 0 Å². The van der Waals surface area contributed by atoms with Gasteiger partial charge in [-0.2, -0.15) is 0 Å². The Morgan fingerprint density at radius 2 is 1.89 bits per heavy atom. The summed E-state index contributed by atoms with van der Waals surface area (Å²) < 4.78 is 0. The zero-order valence-corrected chi connectivity index (χ0v) is 12.3. The van der Waals surface area contributed by atoms with Crippen LogP contribution in [0.2, 0.25) is 0 Å². The standard InChI is InChI=1S/C18H25N/c1-5-15-11-8-12-17(15)18(19(3)4)13-14(2)16-9-6-7-10-16/h5-12,14,16-18H,1,13H2,2-4H3/t14-,17?,18-/m1/s1. The van der Waals surface area contributed by atoms with Crippen molar-refractivity contribution in [3.63, 3.8) is 0 Å². The van der Waals surface area contributed by atoms with Gasteiger partial charge >= 0.3 is 0 Å². The van der Waals surface area contributed by atoms with Crippen LogP contribution in [0.4, 0.5) is 0 Å². The first-order chi connectivity index (χ1) is 9.13. The minimum Gasteiger partial charge on any atom is -0.306 e. The Bertz CT molecular complexity index is 425. The molecule has 0 heterocycles. The molecule has 0 spiro atoms. The number of hydrogen-bond donors (Lipinski definition) is 0. The Kier molecular flexibility index (Phi) is 4.60. The van der Waals surface area contributed by atoms with Crippen LogP contribution in [0.25, 0.3) is 0 Å². The molecule has 1 heteroatoms. The SMILES string of the molecule is C=CC1=CC=CC1[C@@H](C[C@@H](C)C1C=CC=C1)N(C)C. The van der Waals surface area contributed by atoms with E-state index in [1.54, 1.807) is 0 Å². The fourth-order valence-electron chi connectivity index (χ4n) is 3.11. The quantitative estimate of drug-likeness (QED) is 0.694. The predicted molar refractivity (Wildman–Crippen MR) is 83.9 cm³/mol. The highest BCUT2D eigenvalue weighted by Gasteiger charge is 2.28. The molecule has 0 radical (unpaired) electrons. The van der Waals surface area contributed by atoms with Crippen molar-refractivity contribution in [1.29, 1.82) is 0 Å². The van der Waals surface area contributed by atoms with Gasteiger partial charge in [-0.1, -0.05) is 62.1 Å². The molecule has 2 rings (SSSR count). The Balaban J connectivity index is 2.06. The molecule has 1 nitrogen and oxygen atoms in total. The van der Waals surface area contributed by atoms with Crippen molar-refractivity contribution < 1.29 is 0 Å². The van der Waals surface area contributed by atoms with Gasteiger partial charge in [0.2, 0.25) is 0 Å². The summed E-state index contributed by atoms with van der Waals surface area (Å²) in [7, 11) is 4.37. The fraction of sp³-hybridized carbons (Fsp3) is 0.444. The number of allylic oxidation sites excluding steroid dienone is 7. The third-order valence-corrected chi connectivity index (χ3v) is 4.35. The summed E-state index contributed by atoms with van der Waals surface area (Å²) in [5.41, 5.74) is 1.35. The van der Waals surface area contributed by atoms with Gasteiger partial charge < -0.3 is 4.90 Å². The van der Waals surface area contributed by atoms with Gasteiger partial charge in [-0.25, -0.2) is 0 Å². The molecule has 19 heavy (non-hydrogen) atoms. The van der Waals surface area contributed by atoms with Crippen LogP contribution in [-0.4, -0.2) is 25.0 Å². The molecule has 0 saturated carbocycles. The van der Waals surface area contributed by atoms with Crippen molar-refractivity contribution >= 4 is 0 Å². The van der Waals surface area contributed by atoms with Crippen LogP contribution in [0.5, 0.6) is 0 Å². The molecule has 2 aliphatic rings. The molecule has 3 atom stereocenters. The summed E-state index contributed by atoms with van der Waals surface area (Å²) in [6.45, 7) is 6.30. The van der Waals surface area contributed by atoms with Crippen molar-refractivity contribution in [3.8, 4) is 0 Å². The molecule has 2 aliphatic carbocycles. The zero-order chi connectivity index (χ0) is 13.8. The zero-order valence-electron chi connectivity index (χ0n) is 12.3. The van der Waals surface area contributed by atoms with E-state index in [9.17, 15) is 0 Å². The van der Waals surface area contributed by atoms with E-state index in [1.165, 1.54) is 12.0 Å². The average Bonchev–Trinajstić information content (AvgIpc) is 3.05. The summed E-state index contributed by atoms with van der Waals surface area (Å²) in [6.07, 6.45) is 18.8. The monoisotopic (exact) mass is 255 g/mol. The number of hydrogen-bond acceptors (Lipinski definition) is 1. The summed E-state index contributed by atoms with van der Waals surface area (Å²) in [6, 6.07) is 0.542. The van der Waals surface area contributed by atoms with E-state index in [1.807, 2.05) is 6.08 Å². The Labute approximate surface area is 117 Å². The molecule has 0 aromatic carbocycles.